The van der Waals surface area contributed by atoms with Gasteiger partial charge in [-0.05, 0) is 6.92 Å². The average Bonchev–Trinajstić information content (AvgIpc) is 1.61. The molecule has 2 heteroatoms. The highest BCUT2D eigenvalue weighted by Gasteiger charge is 2.19. The number of likely N-dealkylation sites (N-methyl/N-ethyl adjacent to an activating group) is 1. The Morgan fingerprint density at radius 1 is 1.83 bits per heavy atom. The highest BCUT2D eigenvalue weighted by Crippen LogP contribution is 2.06. The second kappa shape index (κ2) is 1.21. The Morgan fingerprint density at radius 2 is 2.33 bits per heavy atom. The SMILES string of the molecule is CC1CON1C. The predicted molar refractivity (Wildman–Crippen MR) is 23.2 cm³/mol. The number of hydrogen-bond acceptors (Lipinski definition) is 2. The molecule has 0 saturated carbocycles. The van der Waals surface area contributed by atoms with Crippen LogP contribution < -0.4 is 0 Å². The predicted octanol–water partition coefficient (Wildman–Crippen LogP) is 0.252. The third-order valence-electron chi connectivity index (χ3n) is 1.14. The van der Waals surface area contributed by atoms with Gasteiger partial charge in [0.15, 0.2) is 0 Å². The normalized spacial score (nSPS) is 36.0. The van der Waals surface area contributed by atoms with Crippen LogP contribution in [-0.2, 0) is 4.84 Å². The van der Waals surface area contributed by atoms with Gasteiger partial charge in [0.2, 0.25) is 0 Å². The van der Waals surface area contributed by atoms with E-state index in [-0.39, 0.29) is 0 Å². The maximum Gasteiger partial charge on any atom is 0.0861 e. The highest BCUT2D eigenvalue weighted by atomic mass is 16.7. The van der Waals surface area contributed by atoms with Gasteiger partial charge in [0.1, 0.15) is 0 Å². The van der Waals surface area contributed by atoms with E-state index >= 15 is 0 Å². The van der Waals surface area contributed by atoms with Crippen molar-refractivity contribution >= 4 is 0 Å². The summed E-state index contributed by atoms with van der Waals surface area (Å²) in [5.41, 5.74) is 0. The Morgan fingerprint density at radius 3 is 2.33 bits per heavy atom. The summed E-state index contributed by atoms with van der Waals surface area (Å²) in [6.45, 7) is 3.03. The van der Waals surface area contributed by atoms with E-state index in [0.29, 0.717) is 6.04 Å². The van der Waals surface area contributed by atoms with Gasteiger partial charge in [-0.3, -0.25) is 4.84 Å². The molecule has 0 aromatic heterocycles. The summed E-state index contributed by atoms with van der Waals surface area (Å²) in [6, 6.07) is 0.644. The monoisotopic (exact) mass is 87.1 g/mol. The molecule has 1 aliphatic heterocycles. The molecule has 1 unspecified atom stereocenters. The van der Waals surface area contributed by atoms with E-state index in [2.05, 4.69) is 6.92 Å². The van der Waals surface area contributed by atoms with Crippen molar-refractivity contribution in [2.75, 3.05) is 13.7 Å². The van der Waals surface area contributed by atoms with Crippen molar-refractivity contribution in [1.29, 1.82) is 0 Å². The van der Waals surface area contributed by atoms with Gasteiger partial charge >= 0.3 is 0 Å². The lowest BCUT2D eigenvalue weighted by Crippen LogP contribution is -2.44. The van der Waals surface area contributed by atoms with E-state index in [1.807, 2.05) is 12.1 Å². The molecule has 0 N–H and O–H groups in total. The number of hydrogen-bond donors (Lipinski definition) is 0. The number of nitrogens with zero attached hydrogens (tertiary/aromatic N) is 1. The van der Waals surface area contributed by atoms with Gasteiger partial charge in [0.25, 0.3) is 0 Å². The lowest BCUT2D eigenvalue weighted by Gasteiger charge is -2.33. The fourth-order valence-electron chi connectivity index (χ4n) is 0.373. The second-order valence-corrected chi connectivity index (χ2v) is 1.69. The zero-order valence-electron chi connectivity index (χ0n) is 4.14. The Kier molecular flexibility index (Phi) is 0.821. The third kappa shape index (κ3) is 0.420. The molecule has 0 aromatic carbocycles. The summed E-state index contributed by atoms with van der Waals surface area (Å²) in [4.78, 5) is 4.88. The van der Waals surface area contributed by atoms with Crippen LogP contribution in [0.4, 0.5) is 0 Å². The Bertz CT molecular complexity index is 47.5. The topological polar surface area (TPSA) is 12.5 Å². The minimum atomic E-state index is 0.644. The van der Waals surface area contributed by atoms with E-state index < -0.39 is 0 Å². The Labute approximate surface area is 37.7 Å². The molecule has 0 amide bonds. The molecular formula is C4H9NO. The van der Waals surface area contributed by atoms with Crippen molar-refractivity contribution < 1.29 is 4.84 Å². The smallest absolute Gasteiger partial charge is 0.0861 e. The first kappa shape index (κ1) is 4.09. The van der Waals surface area contributed by atoms with Crippen molar-refractivity contribution in [3.8, 4) is 0 Å². The number of rotatable bonds is 0. The molecule has 1 aliphatic rings. The fraction of sp³-hybridized carbons (Fsp3) is 1.00. The second-order valence-electron chi connectivity index (χ2n) is 1.69. The van der Waals surface area contributed by atoms with E-state index in [9.17, 15) is 0 Å². The van der Waals surface area contributed by atoms with Crippen LogP contribution in [0.1, 0.15) is 6.92 Å². The van der Waals surface area contributed by atoms with Crippen LogP contribution in [0, 0.1) is 0 Å². The van der Waals surface area contributed by atoms with Gasteiger partial charge in [0.05, 0.1) is 12.6 Å². The first-order valence-electron chi connectivity index (χ1n) is 2.16. The molecule has 6 heavy (non-hydrogen) atoms. The van der Waals surface area contributed by atoms with Crippen LogP contribution in [0.15, 0.2) is 0 Å². The van der Waals surface area contributed by atoms with Gasteiger partial charge in [-0.2, -0.15) is 5.06 Å². The zero-order valence-corrected chi connectivity index (χ0v) is 4.14. The highest BCUT2D eigenvalue weighted by molar-refractivity contribution is 4.60. The molecule has 1 heterocycles. The molecule has 1 saturated heterocycles. The zero-order chi connectivity index (χ0) is 4.57. The summed E-state index contributed by atoms with van der Waals surface area (Å²) in [6.07, 6.45) is 0. The van der Waals surface area contributed by atoms with Gasteiger partial charge in [-0.15, -0.1) is 0 Å². The fourth-order valence-corrected chi connectivity index (χ4v) is 0.373. The first-order chi connectivity index (χ1) is 2.80. The maximum atomic E-state index is 4.88. The molecule has 0 aliphatic carbocycles. The van der Waals surface area contributed by atoms with E-state index in [1.165, 1.54) is 0 Å². The quantitative estimate of drug-likeness (QED) is 0.420. The maximum absolute atomic E-state index is 4.88. The molecule has 1 rings (SSSR count). The summed E-state index contributed by atoms with van der Waals surface area (Å²) in [5, 5.41) is 1.85. The minimum absolute atomic E-state index is 0.644. The Hall–Kier alpha value is -0.0800. The van der Waals surface area contributed by atoms with Gasteiger partial charge in [-0.1, -0.05) is 0 Å². The van der Waals surface area contributed by atoms with Gasteiger partial charge < -0.3 is 0 Å². The first-order valence-corrected chi connectivity index (χ1v) is 2.16. The van der Waals surface area contributed by atoms with Crippen molar-refractivity contribution in [3.63, 3.8) is 0 Å². The molecule has 0 bridgehead atoms. The number of hydroxylamine groups is 2. The minimum Gasteiger partial charge on any atom is -0.297 e. The standard InChI is InChI=1S/C4H9NO/c1-4-3-6-5(4)2/h4H,3H2,1-2H3. The van der Waals surface area contributed by atoms with E-state index in [1.54, 1.807) is 0 Å². The lowest BCUT2D eigenvalue weighted by molar-refractivity contribution is -0.267. The van der Waals surface area contributed by atoms with Crippen LogP contribution in [-0.4, -0.2) is 24.8 Å². The van der Waals surface area contributed by atoms with Crippen LogP contribution in [0.25, 0.3) is 0 Å². The van der Waals surface area contributed by atoms with E-state index in [4.69, 9.17) is 4.84 Å². The van der Waals surface area contributed by atoms with Crippen molar-refractivity contribution in [1.82, 2.24) is 5.06 Å². The molecule has 0 radical (unpaired) electrons. The van der Waals surface area contributed by atoms with Gasteiger partial charge in [-0.25, -0.2) is 0 Å². The lowest BCUT2D eigenvalue weighted by atomic mass is 10.3. The van der Waals surface area contributed by atoms with Crippen molar-refractivity contribution in [2.24, 2.45) is 0 Å². The summed E-state index contributed by atoms with van der Waals surface area (Å²) >= 11 is 0. The van der Waals surface area contributed by atoms with Crippen molar-refractivity contribution in [3.05, 3.63) is 0 Å². The third-order valence-corrected chi connectivity index (χ3v) is 1.14. The molecule has 0 aromatic rings. The molecule has 2 nitrogen and oxygen atoms in total. The van der Waals surface area contributed by atoms with Crippen molar-refractivity contribution in [2.45, 2.75) is 13.0 Å². The molecule has 0 spiro atoms. The van der Waals surface area contributed by atoms with Crippen LogP contribution >= 0.6 is 0 Å². The molecular weight excluding hydrogens is 78.0 g/mol. The van der Waals surface area contributed by atoms with E-state index in [0.717, 1.165) is 6.61 Å². The van der Waals surface area contributed by atoms with Gasteiger partial charge in [0, 0.05) is 7.05 Å². The Balaban J connectivity index is 2.20. The largest absolute Gasteiger partial charge is 0.297 e. The summed E-state index contributed by atoms with van der Waals surface area (Å²) in [7, 11) is 1.94. The summed E-state index contributed by atoms with van der Waals surface area (Å²) < 4.78 is 0. The molecule has 36 valence electrons. The molecule has 1 fully saturated rings. The van der Waals surface area contributed by atoms with Crippen LogP contribution in [0.3, 0.4) is 0 Å². The summed E-state index contributed by atoms with van der Waals surface area (Å²) in [5.74, 6) is 0. The molecule has 1 atom stereocenters. The average molecular weight is 87.1 g/mol. The van der Waals surface area contributed by atoms with Crippen LogP contribution in [0.2, 0.25) is 0 Å². The van der Waals surface area contributed by atoms with Crippen LogP contribution in [0.5, 0.6) is 0 Å².